The minimum atomic E-state index is -0.590. The average molecular weight is 445 g/mol. The molecule has 176 valence electrons. The molecule has 1 aromatic rings. The molecule has 0 radical (unpaired) electrons. The van der Waals surface area contributed by atoms with Gasteiger partial charge in [-0.1, -0.05) is 42.5 Å². The van der Waals surface area contributed by atoms with Crippen molar-refractivity contribution in [3.05, 3.63) is 61.2 Å². The number of aliphatic hydroxyl groups is 1. The molecule has 7 heteroatoms. The average Bonchev–Trinajstić information content (AvgIpc) is 2.77. The van der Waals surface area contributed by atoms with E-state index in [0.717, 1.165) is 5.56 Å². The van der Waals surface area contributed by atoms with E-state index in [1.165, 1.54) is 0 Å². The highest BCUT2D eigenvalue weighted by molar-refractivity contribution is 5.86. The number of allylic oxidation sites excluding steroid dienone is 2. The largest absolute Gasteiger partial charge is 0.461 e. The summed E-state index contributed by atoms with van der Waals surface area (Å²) < 4.78 is 5.55. The number of nitrogens with one attached hydrogen (secondary N) is 2. The SMILES string of the molecule is C=CC[C@@H](CC(=O)N[C@H](C)CO)C(=O)NC[C@H](C)OC(=O)[C@@H](CC=C)Cc1ccccc1. The van der Waals surface area contributed by atoms with Crippen molar-refractivity contribution >= 4 is 17.8 Å². The van der Waals surface area contributed by atoms with Crippen LogP contribution < -0.4 is 10.6 Å². The Morgan fingerprint density at radius 1 is 1.06 bits per heavy atom. The number of carbonyl (C=O) groups is 3. The van der Waals surface area contributed by atoms with E-state index in [2.05, 4.69) is 23.8 Å². The maximum Gasteiger partial charge on any atom is 0.309 e. The Labute approximate surface area is 190 Å². The first-order chi connectivity index (χ1) is 15.3. The monoisotopic (exact) mass is 444 g/mol. The maximum atomic E-state index is 12.6. The van der Waals surface area contributed by atoms with Crippen molar-refractivity contribution in [2.24, 2.45) is 11.8 Å². The molecule has 0 unspecified atom stereocenters. The molecule has 4 atom stereocenters. The highest BCUT2D eigenvalue weighted by Crippen LogP contribution is 2.16. The molecule has 1 aromatic carbocycles. The van der Waals surface area contributed by atoms with Gasteiger partial charge in [0.1, 0.15) is 6.10 Å². The van der Waals surface area contributed by atoms with E-state index < -0.39 is 12.0 Å². The summed E-state index contributed by atoms with van der Waals surface area (Å²) in [6.07, 6.45) is 4.11. The zero-order valence-corrected chi connectivity index (χ0v) is 19.1. The van der Waals surface area contributed by atoms with Crippen LogP contribution in [0.1, 0.15) is 38.7 Å². The van der Waals surface area contributed by atoms with Gasteiger partial charge in [0.25, 0.3) is 0 Å². The van der Waals surface area contributed by atoms with Crippen molar-refractivity contribution in [1.29, 1.82) is 0 Å². The molecule has 7 nitrogen and oxygen atoms in total. The molecule has 0 aliphatic heterocycles. The predicted molar refractivity (Wildman–Crippen MR) is 125 cm³/mol. The van der Waals surface area contributed by atoms with Crippen LogP contribution in [0.4, 0.5) is 0 Å². The molecule has 0 fully saturated rings. The lowest BCUT2D eigenvalue weighted by molar-refractivity contribution is -0.153. The third kappa shape index (κ3) is 10.4. The van der Waals surface area contributed by atoms with Crippen LogP contribution in [-0.4, -0.2) is 48.2 Å². The van der Waals surface area contributed by atoms with E-state index in [1.807, 2.05) is 30.3 Å². The minimum Gasteiger partial charge on any atom is -0.461 e. The van der Waals surface area contributed by atoms with Crippen LogP contribution in [0.15, 0.2) is 55.6 Å². The Balaban J connectivity index is 2.57. The first kappa shape index (κ1) is 27.1. The Kier molecular flexibility index (Phi) is 12.7. The summed E-state index contributed by atoms with van der Waals surface area (Å²) in [5.41, 5.74) is 1.04. The maximum absolute atomic E-state index is 12.6. The number of hydrogen-bond donors (Lipinski definition) is 3. The molecule has 2 amide bonds. The van der Waals surface area contributed by atoms with Crippen LogP contribution in [0.2, 0.25) is 0 Å². The van der Waals surface area contributed by atoms with Gasteiger partial charge in [-0.3, -0.25) is 14.4 Å². The van der Waals surface area contributed by atoms with E-state index in [-0.39, 0.29) is 49.3 Å². The minimum absolute atomic E-state index is 0.0190. The van der Waals surface area contributed by atoms with Gasteiger partial charge >= 0.3 is 5.97 Å². The molecule has 0 saturated heterocycles. The van der Waals surface area contributed by atoms with Gasteiger partial charge in [-0.25, -0.2) is 0 Å². The molecule has 0 bridgehead atoms. The molecule has 0 spiro atoms. The second-order valence-electron chi connectivity index (χ2n) is 7.98. The van der Waals surface area contributed by atoms with Crippen LogP contribution in [-0.2, 0) is 25.5 Å². The van der Waals surface area contributed by atoms with Gasteiger partial charge in [0.05, 0.1) is 25.0 Å². The fraction of sp³-hybridized carbons (Fsp3) is 0.480. The van der Waals surface area contributed by atoms with Gasteiger partial charge in [0.2, 0.25) is 11.8 Å². The predicted octanol–water partition coefficient (Wildman–Crippen LogP) is 2.55. The van der Waals surface area contributed by atoms with E-state index in [1.54, 1.807) is 26.0 Å². The van der Waals surface area contributed by atoms with Crippen molar-refractivity contribution < 1.29 is 24.2 Å². The molecular formula is C25H36N2O5. The molecular weight excluding hydrogens is 408 g/mol. The summed E-state index contributed by atoms with van der Waals surface area (Å²) in [6.45, 7) is 10.7. The van der Waals surface area contributed by atoms with Crippen molar-refractivity contribution in [1.82, 2.24) is 10.6 Å². The van der Waals surface area contributed by atoms with Gasteiger partial charge < -0.3 is 20.5 Å². The quantitative estimate of drug-likeness (QED) is 0.285. The Bertz CT molecular complexity index is 750. The lowest BCUT2D eigenvalue weighted by Crippen LogP contribution is -2.41. The number of aliphatic hydroxyl groups excluding tert-OH is 1. The third-order valence-corrected chi connectivity index (χ3v) is 4.93. The van der Waals surface area contributed by atoms with E-state index in [4.69, 9.17) is 9.84 Å². The highest BCUT2D eigenvalue weighted by Gasteiger charge is 2.24. The number of hydrogen-bond acceptors (Lipinski definition) is 5. The standard InChI is InChI=1S/C25H36N2O5/c1-5-10-21(15-23(29)27-18(3)17-28)24(30)26-16-19(4)32-25(31)22(11-6-2)14-20-12-8-7-9-13-20/h5-9,12-13,18-19,21-22,28H,1-2,10-11,14-17H2,3-4H3,(H,26,30)(H,27,29)/t18-,19+,21+,22+/m1/s1. The van der Waals surface area contributed by atoms with Gasteiger partial charge in [-0.15, -0.1) is 13.2 Å². The second kappa shape index (κ2) is 15.0. The summed E-state index contributed by atoms with van der Waals surface area (Å²) >= 11 is 0. The molecule has 0 aromatic heterocycles. The zero-order chi connectivity index (χ0) is 23.9. The fourth-order valence-corrected chi connectivity index (χ4v) is 3.17. The number of carbonyl (C=O) groups excluding carboxylic acids is 3. The second-order valence-corrected chi connectivity index (χ2v) is 7.98. The number of benzene rings is 1. The van der Waals surface area contributed by atoms with Gasteiger partial charge in [0, 0.05) is 12.5 Å². The van der Waals surface area contributed by atoms with Crippen LogP contribution in [0.5, 0.6) is 0 Å². The highest BCUT2D eigenvalue weighted by atomic mass is 16.5. The molecule has 0 heterocycles. The van der Waals surface area contributed by atoms with Gasteiger partial charge in [0.15, 0.2) is 0 Å². The molecule has 32 heavy (non-hydrogen) atoms. The lowest BCUT2D eigenvalue weighted by Gasteiger charge is -2.21. The number of esters is 1. The van der Waals surface area contributed by atoms with Crippen LogP contribution in [0.3, 0.4) is 0 Å². The summed E-state index contributed by atoms with van der Waals surface area (Å²) in [6, 6.07) is 9.32. The van der Waals surface area contributed by atoms with E-state index >= 15 is 0 Å². The summed E-state index contributed by atoms with van der Waals surface area (Å²) in [7, 11) is 0. The van der Waals surface area contributed by atoms with Crippen molar-refractivity contribution in [2.75, 3.05) is 13.2 Å². The van der Waals surface area contributed by atoms with Crippen LogP contribution in [0.25, 0.3) is 0 Å². The van der Waals surface area contributed by atoms with Crippen molar-refractivity contribution in [2.45, 2.75) is 51.7 Å². The summed E-state index contributed by atoms with van der Waals surface area (Å²) in [5.74, 6) is -1.91. The van der Waals surface area contributed by atoms with Crippen molar-refractivity contribution in [3.63, 3.8) is 0 Å². The Morgan fingerprint density at radius 2 is 1.69 bits per heavy atom. The summed E-state index contributed by atoms with van der Waals surface area (Å²) in [5, 5.41) is 14.4. The molecule has 1 rings (SSSR count). The first-order valence-electron chi connectivity index (χ1n) is 10.9. The third-order valence-electron chi connectivity index (χ3n) is 4.93. The lowest BCUT2D eigenvalue weighted by atomic mass is 9.96. The zero-order valence-electron chi connectivity index (χ0n) is 19.1. The topological polar surface area (TPSA) is 105 Å². The fourth-order valence-electron chi connectivity index (χ4n) is 3.17. The molecule has 0 aliphatic rings. The van der Waals surface area contributed by atoms with Crippen LogP contribution >= 0.6 is 0 Å². The van der Waals surface area contributed by atoms with E-state index in [0.29, 0.717) is 19.3 Å². The normalized spacial score (nSPS) is 14.3. The van der Waals surface area contributed by atoms with Gasteiger partial charge in [-0.05, 0) is 38.7 Å². The smallest absolute Gasteiger partial charge is 0.309 e. The number of rotatable bonds is 15. The van der Waals surface area contributed by atoms with Crippen LogP contribution in [0, 0.1) is 11.8 Å². The summed E-state index contributed by atoms with van der Waals surface area (Å²) in [4.78, 5) is 37.2. The van der Waals surface area contributed by atoms with Gasteiger partial charge in [-0.2, -0.15) is 0 Å². The first-order valence-corrected chi connectivity index (χ1v) is 10.9. The number of ether oxygens (including phenoxy) is 1. The molecule has 3 N–H and O–H groups in total. The van der Waals surface area contributed by atoms with E-state index in [9.17, 15) is 14.4 Å². The Morgan fingerprint density at radius 3 is 2.28 bits per heavy atom. The Hall–Kier alpha value is -2.93. The molecule has 0 aliphatic carbocycles. The molecule has 0 saturated carbocycles. The number of amides is 2. The van der Waals surface area contributed by atoms with Crippen molar-refractivity contribution in [3.8, 4) is 0 Å².